The molecule has 31 heavy (non-hydrogen) atoms. The van der Waals surface area contributed by atoms with Gasteiger partial charge in [0.1, 0.15) is 11.6 Å². The van der Waals surface area contributed by atoms with Crippen LogP contribution in [-0.4, -0.2) is 51.2 Å². The first-order valence-electron chi connectivity index (χ1n) is 9.31. The Bertz CT molecular complexity index is 1130. The highest BCUT2D eigenvalue weighted by Gasteiger charge is 2.46. The van der Waals surface area contributed by atoms with Gasteiger partial charge in [-0.2, -0.15) is 5.10 Å². The smallest absolute Gasteiger partial charge is 0.323 e. The van der Waals surface area contributed by atoms with Crippen molar-refractivity contribution in [2.45, 2.75) is 18.9 Å². The Kier molecular flexibility index (Phi) is 5.13. The minimum absolute atomic E-state index is 0.142. The molecule has 0 aliphatic carbocycles. The van der Waals surface area contributed by atoms with E-state index in [-0.39, 0.29) is 23.5 Å². The number of carbonyl (C=O) groups excluding carboxylic acids is 2. The summed E-state index contributed by atoms with van der Waals surface area (Å²) in [6.07, 6.45) is 1.39. The van der Waals surface area contributed by atoms with Crippen LogP contribution in [0.5, 0.6) is 0 Å². The van der Waals surface area contributed by atoms with Crippen LogP contribution in [0, 0.1) is 5.82 Å². The quantitative estimate of drug-likeness (QED) is 0.504. The van der Waals surface area contributed by atoms with Crippen LogP contribution in [0.1, 0.15) is 18.5 Å². The molecule has 0 saturated carbocycles. The van der Waals surface area contributed by atoms with Crippen LogP contribution in [0.3, 0.4) is 0 Å². The van der Waals surface area contributed by atoms with Crippen LogP contribution in [0.15, 0.2) is 36.5 Å². The van der Waals surface area contributed by atoms with Crippen LogP contribution in [0.2, 0.25) is 0 Å². The number of aromatic amines is 1. The van der Waals surface area contributed by atoms with Crippen molar-refractivity contribution in [3.8, 4) is 0 Å². The van der Waals surface area contributed by atoms with Crippen molar-refractivity contribution in [3.63, 3.8) is 0 Å². The molecule has 2 aromatic heterocycles. The monoisotopic (exact) mass is 433 g/mol. The number of anilines is 2. The highest BCUT2D eigenvalue weighted by atomic mass is 19.3. The average Bonchev–Trinajstić information content (AvgIpc) is 3.08. The third-order valence-electron chi connectivity index (χ3n) is 4.76. The second-order valence-corrected chi connectivity index (χ2v) is 7.20. The standard InChI is InChI=1S/C19H18F3N7O2/c1-10(11-2-4-12(20)5-3-11)24-17(30)25-15-6-14-13(7-23-15)16(28-27-14)26-18(31)29-8-19(21,22)9-29/h2-7,10H,8-9H2,1H3,(H2,23,24,25,30)(H2,26,27,28,31)/t10-/m1/s1. The molecule has 1 aliphatic heterocycles. The number of carbonyl (C=O) groups is 2. The van der Waals surface area contributed by atoms with Crippen molar-refractivity contribution < 1.29 is 22.8 Å². The molecule has 12 heteroatoms. The van der Waals surface area contributed by atoms with E-state index in [2.05, 4.69) is 31.1 Å². The van der Waals surface area contributed by atoms with Crippen molar-refractivity contribution in [3.05, 3.63) is 47.9 Å². The van der Waals surface area contributed by atoms with Gasteiger partial charge in [-0.25, -0.2) is 27.7 Å². The summed E-state index contributed by atoms with van der Waals surface area (Å²) in [6, 6.07) is 5.71. The number of nitrogens with one attached hydrogen (secondary N) is 4. The number of hydrogen-bond donors (Lipinski definition) is 4. The summed E-state index contributed by atoms with van der Waals surface area (Å²) < 4.78 is 38.8. The molecule has 4 amide bonds. The largest absolute Gasteiger partial charge is 0.331 e. The van der Waals surface area contributed by atoms with Gasteiger partial charge in [0.25, 0.3) is 5.92 Å². The molecular formula is C19H18F3N7O2. The van der Waals surface area contributed by atoms with Crippen LogP contribution >= 0.6 is 0 Å². The molecule has 1 fully saturated rings. The third-order valence-corrected chi connectivity index (χ3v) is 4.76. The predicted octanol–water partition coefficient (Wildman–Crippen LogP) is 3.46. The van der Waals surface area contributed by atoms with Crippen LogP contribution in [0.25, 0.3) is 10.9 Å². The van der Waals surface area contributed by atoms with Gasteiger partial charge in [0.15, 0.2) is 5.82 Å². The molecule has 1 atom stereocenters. The van der Waals surface area contributed by atoms with Gasteiger partial charge in [-0.15, -0.1) is 0 Å². The first-order chi connectivity index (χ1) is 14.7. The molecule has 0 bridgehead atoms. The van der Waals surface area contributed by atoms with E-state index in [9.17, 15) is 22.8 Å². The third kappa shape index (κ3) is 4.52. The number of hydrogen-bond acceptors (Lipinski definition) is 4. The van der Waals surface area contributed by atoms with Crippen molar-refractivity contribution in [1.29, 1.82) is 0 Å². The van der Waals surface area contributed by atoms with E-state index in [1.165, 1.54) is 24.4 Å². The van der Waals surface area contributed by atoms with Gasteiger partial charge in [-0.1, -0.05) is 12.1 Å². The maximum Gasteiger partial charge on any atom is 0.323 e. The molecule has 162 valence electrons. The van der Waals surface area contributed by atoms with Crippen LogP contribution in [0.4, 0.5) is 34.4 Å². The minimum Gasteiger partial charge on any atom is -0.331 e. The number of benzene rings is 1. The van der Waals surface area contributed by atoms with Crippen LogP contribution in [-0.2, 0) is 0 Å². The van der Waals surface area contributed by atoms with Gasteiger partial charge in [0, 0.05) is 12.3 Å². The van der Waals surface area contributed by atoms with Gasteiger partial charge >= 0.3 is 12.1 Å². The van der Waals surface area contributed by atoms with E-state index in [1.54, 1.807) is 19.1 Å². The second-order valence-electron chi connectivity index (χ2n) is 7.20. The number of fused-ring (bicyclic) bond motifs is 1. The number of nitrogens with zero attached hydrogens (tertiary/aromatic N) is 3. The molecule has 0 radical (unpaired) electrons. The molecule has 1 aliphatic rings. The fourth-order valence-corrected chi connectivity index (χ4v) is 3.10. The Balaban J connectivity index is 1.37. The summed E-state index contributed by atoms with van der Waals surface area (Å²) in [6.45, 7) is 0.471. The Morgan fingerprint density at radius 3 is 2.58 bits per heavy atom. The molecule has 1 aromatic carbocycles. The van der Waals surface area contributed by atoms with Gasteiger partial charge < -0.3 is 10.2 Å². The maximum atomic E-state index is 13.0. The normalized spacial score (nSPS) is 15.8. The summed E-state index contributed by atoms with van der Waals surface area (Å²) in [7, 11) is 0. The van der Waals surface area contributed by atoms with Crippen molar-refractivity contribution in [2.24, 2.45) is 0 Å². The zero-order valence-corrected chi connectivity index (χ0v) is 16.2. The van der Waals surface area contributed by atoms with E-state index in [0.29, 0.717) is 10.9 Å². The highest BCUT2D eigenvalue weighted by molar-refractivity contribution is 6.00. The molecule has 4 N–H and O–H groups in total. The zero-order chi connectivity index (χ0) is 22.2. The number of urea groups is 2. The van der Waals surface area contributed by atoms with Gasteiger partial charge in [0.2, 0.25) is 0 Å². The van der Waals surface area contributed by atoms with Gasteiger partial charge in [-0.3, -0.25) is 15.7 Å². The lowest BCUT2D eigenvalue weighted by molar-refractivity contribution is -0.107. The Morgan fingerprint density at radius 1 is 1.19 bits per heavy atom. The Hall–Kier alpha value is -3.83. The number of amides is 4. The minimum atomic E-state index is -2.86. The zero-order valence-electron chi connectivity index (χ0n) is 16.2. The number of H-pyrrole nitrogens is 1. The van der Waals surface area contributed by atoms with Gasteiger partial charge in [-0.05, 0) is 24.6 Å². The van der Waals surface area contributed by atoms with Crippen molar-refractivity contribution in [1.82, 2.24) is 25.4 Å². The molecule has 0 spiro atoms. The lowest BCUT2D eigenvalue weighted by atomic mass is 10.1. The number of pyridine rings is 1. The molecule has 3 heterocycles. The maximum absolute atomic E-state index is 13.0. The fraction of sp³-hybridized carbons (Fsp3) is 0.263. The van der Waals surface area contributed by atoms with E-state index in [1.807, 2.05) is 0 Å². The lowest BCUT2D eigenvalue weighted by Gasteiger charge is -2.38. The number of aromatic nitrogens is 3. The highest BCUT2D eigenvalue weighted by Crippen LogP contribution is 2.28. The number of halogens is 3. The predicted molar refractivity (Wildman–Crippen MR) is 106 cm³/mol. The number of likely N-dealkylation sites (tertiary alicyclic amines) is 1. The topological polar surface area (TPSA) is 115 Å². The van der Waals surface area contributed by atoms with Gasteiger partial charge in [0.05, 0.1) is 30.0 Å². The van der Waals surface area contributed by atoms with Crippen molar-refractivity contribution in [2.75, 3.05) is 23.7 Å². The second kappa shape index (κ2) is 7.78. The lowest BCUT2D eigenvalue weighted by Crippen LogP contribution is -2.59. The van der Waals surface area contributed by atoms with E-state index in [4.69, 9.17) is 0 Å². The fourth-order valence-electron chi connectivity index (χ4n) is 3.10. The summed E-state index contributed by atoms with van der Waals surface area (Å²) in [5.41, 5.74) is 1.20. The van der Waals surface area contributed by atoms with E-state index < -0.39 is 31.1 Å². The summed E-state index contributed by atoms with van der Waals surface area (Å²) in [5, 5.41) is 14.9. The molecule has 0 unspecified atom stereocenters. The summed E-state index contributed by atoms with van der Waals surface area (Å²) in [4.78, 5) is 29.3. The first kappa shape index (κ1) is 20.4. The Labute approximate surface area is 174 Å². The van der Waals surface area contributed by atoms with Crippen LogP contribution < -0.4 is 16.0 Å². The molecule has 9 nitrogen and oxygen atoms in total. The number of rotatable bonds is 4. The first-order valence-corrected chi connectivity index (χ1v) is 9.31. The SMILES string of the molecule is C[C@@H](NC(=O)Nc1cc2[nH]nc(NC(=O)N3CC(F)(F)C3)c2cn1)c1ccc(F)cc1. The molecular weight excluding hydrogens is 415 g/mol. The van der Waals surface area contributed by atoms with Crippen molar-refractivity contribution >= 4 is 34.6 Å². The summed E-state index contributed by atoms with van der Waals surface area (Å²) >= 11 is 0. The van der Waals surface area contributed by atoms with E-state index >= 15 is 0 Å². The Morgan fingerprint density at radius 2 is 1.90 bits per heavy atom. The molecule has 3 aromatic rings. The summed E-state index contributed by atoms with van der Waals surface area (Å²) in [5.74, 6) is -2.86. The molecule has 1 saturated heterocycles. The number of alkyl halides is 2. The van der Waals surface area contributed by atoms with E-state index in [0.717, 1.165) is 10.5 Å². The average molecular weight is 433 g/mol. The molecule has 4 rings (SSSR count).